The fourth-order valence-corrected chi connectivity index (χ4v) is 2.41. The average Bonchev–Trinajstić information content (AvgIpc) is 2.43. The van der Waals surface area contributed by atoms with Crippen molar-refractivity contribution in [2.24, 2.45) is 0 Å². The number of benzene rings is 2. The Morgan fingerprint density at radius 3 is 2.38 bits per heavy atom. The topological polar surface area (TPSA) is 30.5 Å². The van der Waals surface area contributed by atoms with Gasteiger partial charge in [0.05, 0.1) is 12.1 Å². The molecule has 0 amide bonds. The summed E-state index contributed by atoms with van der Waals surface area (Å²) in [5.74, 6) is 1.58. The minimum absolute atomic E-state index is 0.590. The summed E-state index contributed by atoms with van der Waals surface area (Å²) < 4.78 is 10.9. The maximum Gasteiger partial charge on any atom is 0.137 e. The monoisotopic (exact) mass is 305 g/mol. The molecular formula is C17H20ClNO2. The molecule has 0 aliphatic rings. The van der Waals surface area contributed by atoms with E-state index in [1.807, 2.05) is 30.3 Å². The van der Waals surface area contributed by atoms with Crippen LogP contribution in [0, 0.1) is 13.8 Å². The Hall–Kier alpha value is -1.87. The normalized spacial score (nSPS) is 10.3. The lowest BCUT2D eigenvalue weighted by Crippen LogP contribution is -2.11. The molecule has 0 radical (unpaired) electrons. The third kappa shape index (κ3) is 4.57. The van der Waals surface area contributed by atoms with Gasteiger partial charge >= 0.3 is 0 Å². The Kier molecular flexibility index (Phi) is 5.34. The van der Waals surface area contributed by atoms with Gasteiger partial charge in [0.15, 0.2) is 0 Å². The van der Waals surface area contributed by atoms with Crippen molar-refractivity contribution in [3.63, 3.8) is 0 Å². The maximum atomic E-state index is 6.08. The zero-order valence-corrected chi connectivity index (χ0v) is 13.3. The fourth-order valence-electron chi connectivity index (χ4n) is 2.16. The van der Waals surface area contributed by atoms with Gasteiger partial charge in [0.2, 0.25) is 0 Å². The van der Waals surface area contributed by atoms with Gasteiger partial charge in [0.25, 0.3) is 0 Å². The molecule has 0 spiro atoms. The van der Waals surface area contributed by atoms with Crippen LogP contribution in [-0.2, 0) is 0 Å². The van der Waals surface area contributed by atoms with Gasteiger partial charge in [0, 0.05) is 12.2 Å². The molecule has 2 aromatic carbocycles. The van der Waals surface area contributed by atoms with E-state index in [9.17, 15) is 0 Å². The molecule has 112 valence electrons. The molecule has 4 heteroatoms. The molecular weight excluding hydrogens is 286 g/mol. The number of methoxy groups -OCH3 is 1. The summed E-state index contributed by atoms with van der Waals surface area (Å²) in [6.07, 6.45) is 0. The molecule has 0 atom stereocenters. The molecule has 0 bridgehead atoms. The van der Waals surface area contributed by atoms with Gasteiger partial charge in [-0.25, -0.2) is 0 Å². The smallest absolute Gasteiger partial charge is 0.137 e. The van der Waals surface area contributed by atoms with E-state index in [0.717, 1.165) is 11.4 Å². The van der Waals surface area contributed by atoms with Crippen LogP contribution in [0.1, 0.15) is 11.1 Å². The lowest BCUT2D eigenvalue weighted by molar-refractivity contribution is 0.332. The van der Waals surface area contributed by atoms with E-state index in [0.29, 0.717) is 23.9 Å². The first-order chi connectivity index (χ1) is 10.1. The first kappa shape index (κ1) is 15.5. The quantitative estimate of drug-likeness (QED) is 0.799. The van der Waals surface area contributed by atoms with E-state index in [1.54, 1.807) is 7.11 Å². The third-order valence-corrected chi connectivity index (χ3v) is 3.34. The maximum absolute atomic E-state index is 6.08. The Morgan fingerprint density at radius 2 is 1.76 bits per heavy atom. The van der Waals surface area contributed by atoms with E-state index < -0.39 is 0 Å². The molecule has 0 heterocycles. The Balaban J connectivity index is 1.83. The second-order valence-electron chi connectivity index (χ2n) is 4.95. The van der Waals surface area contributed by atoms with E-state index in [-0.39, 0.29) is 0 Å². The van der Waals surface area contributed by atoms with Gasteiger partial charge in [-0.15, -0.1) is 0 Å². The molecule has 21 heavy (non-hydrogen) atoms. The zero-order valence-electron chi connectivity index (χ0n) is 12.6. The van der Waals surface area contributed by atoms with Crippen LogP contribution in [0.2, 0.25) is 5.02 Å². The van der Waals surface area contributed by atoms with E-state index >= 15 is 0 Å². The number of halogens is 1. The highest BCUT2D eigenvalue weighted by molar-refractivity contribution is 6.32. The predicted octanol–water partition coefficient (Wildman–Crippen LogP) is 4.46. The summed E-state index contributed by atoms with van der Waals surface area (Å²) in [5, 5.41) is 3.87. The Morgan fingerprint density at radius 1 is 1.05 bits per heavy atom. The molecule has 2 rings (SSSR count). The van der Waals surface area contributed by atoms with E-state index in [4.69, 9.17) is 21.1 Å². The molecule has 0 saturated carbocycles. The second-order valence-corrected chi connectivity index (χ2v) is 5.36. The summed E-state index contributed by atoms with van der Waals surface area (Å²) >= 11 is 6.08. The number of nitrogens with one attached hydrogen (secondary N) is 1. The first-order valence-corrected chi connectivity index (χ1v) is 7.25. The molecule has 0 saturated heterocycles. The molecule has 0 aromatic heterocycles. The minimum Gasteiger partial charge on any atom is -0.495 e. The third-order valence-electron chi connectivity index (χ3n) is 3.05. The van der Waals surface area contributed by atoms with Crippen molar-refractivity contribution >= 4 is 17.3 Å². The van der Waals surface area contributed by atoms with Crippen molar-refractivity contribution in [1.29, 1.82) is 0 Å². The van der Waals surface area contributed by atoms with Crippen LogP contribution in [0.3, 0.4) is 0 Å². The largest absolute Gasteiger partial charge is 0.495 e. The number of aryl methyl sites for hydroxylation is 2. The van der Waals surface area contributed by atoms with Crippen LogP contribution in [-0.4, -0.2) is 20.3 Å². The fraction of sp³-hybridized carbons (Fsp3) is 0.294. The van der Waals surface area contributed by atoms with Crippen molar-refractivity contribution in [3.05, 3.63) is 52.5 Å². The van der Waals surface area contributed by atoms with Crippen molar-refractivity contribution in [3.8, 4) is 11.5 Å². The van der Waals surface area contributed by atoms with Gasteiger partial charge < -0.3 is 14.8 Å². The second kappa shape index (κ2) is 7.23. The summed E-state index contributed by atoms with van der Waals surface area (Å²) in [7, 11) is 1.60. The summed E-state index contributed by atoms with van der Waals surface area (Å²) in [6.45, 7) is 5.43. The van der Waals surface area contributed by atoms with Crippen LogP contribution in [0.15, 0.2) is 36.4 Å². The summed E-state index contributed by atoms with van der Waals surface area (Å²) in [4.78, 5) is 0. The zero-order chi connectivity index (χ0) is 15.2. The average molecular weight is 306 g/mol. The molecule has 1 N–H and O–H groups in total. The molecule has 0 fully saturated rings. The van der Waals surface area contributed by atoms with Crippen LogP contribution < -0.4 is 14.8 Å². The highest BCUT2D eigenvalue weighted by Crippen LogP contribution is 2.27. The molecule has 2 aromatic rings. The van der Waals surface area contributed by atoms with Gasteiger partial charge in [-0.05, 0) is 55.3 Å². The SMILES string of the molecule is COc1ccc(NCCOc2cc(C)cc(C)c2)cc1Cl. The van der Waals surface area contributed by atoms with Gasteiger partial charge in [-0.2, -0.15) is 0 Å². The van der Waals surface area contributed by atoms with Crippen molar-refractivity contribution in [1.82, 2.24) is 0 Å². The number of ether oxygens (including phenoxy) is 2. The van der Waals surface area contributed by atoms with E-state index in [1.165, 1.54) is 11.1 Å². The van der Waals surface area contributed by atoms with Crippen molar-refractivity contribution in [2.75, 3.05) is 25.6 Å². The van der Waals surface area contributed by atoms with E-state index in [2.05, 4.69) is 25.2 Å². The molecule has 0 unspecified atom stereocenters. The van der Waals surface area contributed by atoms with Crippen LogP contribution in [0.25, 0.3) is 0 Å². The van der Waals surface area contributed by atoms with Gasteiger partial charge in [-0.1, -0.05) is 17.7 Å². The molecule has 0 aliphatic carbocycles. The number of rotatable bonds is 6. The standard InChI is InChI=1S/C17H20ClNO2/c1-12-8-13(2)10-15(9-12)21-7-6-19-14-4-5-17(20-3)16(18)11-14/h4-5,8-11,19H,6-7H2,1-3H3. The van der Waals surface area contributed by atoms with Gasteiger partial charge in [0.1, 0.15) is 18.1 Å². The predicted molar refractivity (Wildman–Crippen MR) is 87.9 cm³/mol. The van der Waals surface area contributed by atoms with Crippen LogP contribution >= 0.6 is 11.6 Å². The highest BCUT2D eigenvalue weighted by Gasteiger charge is 2.01. The number of hydrogen-bond donors (Lipinski definition) is 1. The Bertz CT molecular complexity index is 593. The Labute approximate surface area is 130 Å². The lowest BCUT2D eigenvalue weighted by atomic mass is 10.1. The number of anilines is 1. The molecule has 3 nitrogen and oxygen atoms in total. The molecule has 0 aliphatic heterocycles. The minimum atomic E-state index is 0.590. The highest BCUT2D eigenvalue weighted by atomic mass is 35.5. The van der Waals surface area contributed by atoms with Gasteiger partial charge in [-0.3, -0.25) is 0 Å². The van der Waals surface area contributed by atoms with Crippen LogP contribution in [0.4, 0.5) is 5.69 Å². The lowest BCUT2D eigenvalue weighted by Gasteiger charge is -2.11. The summed E-state index contributed by atoms with van der Waals surface area (Å²) in [6, 6.07) is 11.8. The summed E-state index contributed by atoms with van der Waals surface area (Å²) in [5.41, 5.74) is 3.37. The van der Waals surface area contributed by atoms with Crippen molar-refractivity contribution < 1.29 is 9.47 Å². The van der Waals surface area contributed by atoms with Crippen molar-refractivity contribution in [2.45, 2.75) is 13.8 Å². The first-order valence-electron chi connectivity index (χ1n) is 6.87. The van der Waals surface area contributed by atoms with Crippen LogP contribution in [0.5, 0.6) is 11.5 Å². The number of hydrogen-bond acceptors (Lipinski definition) is 3.